The zero-order valence-corrected chi connectivity index (χ0v) is 24.9. The van der Waals surface area contributed by atoms with Gasteiger partial charge in [-0.25, -0.2) is 9.97 Å². The highest BCUT2D eigenvalue weighted by Crippen LogP contribution is 2.33. The molecule has 2 heterocycles. The first-order chi connectivity index (χ1) is 21.3. The predicted molar refractivity (Wildman–Crippen MR) is 158 cm³/mol. The van der Waals surface area contributed by atoms with Crippen molar-refractivity contribution < 1.29 is 35.7 Å². The van der Waals surface area contributed by atoms with Crippen molar-refractivity contribution in [3.05, 3.63) is 77.1 Å². The van der Waals surface area contributed by atoms with E-state index in [4.69, 9.17) is 9.81 Å². The fourth-order valence-corrected chi connectivity index (χ4v) is 5.28. The van der Waals surface area contributed by atoms with E-state index in [0.29, 0.717) is 49.0 Å². The molecule has 1 fully saturated rings. The Bertz CT molecular complexity index is 1680. The minimum atomic E-state index is -4.85. The third kappa shape index (κ3) is 9.72. The molecule has 45 heavy (non-hydrogen) atoms. The molecule has 238 valence electrons. The van der Waals surface area contributed by atoms with Crippen LogP contribution in [0.1, 0.15) is 41.8 Å². The summed E-state index contributed by atoms with van der Waals surface area (Å²) in [5, 5.41) is 14.2. The van der Waals surface area contributed by atoms with Gasteiger partial charge in [-0.05, 0) is 55.0 Å². The maximum Gasteiger partial charge on any atom is 0.451 e. The average Bonchev–Trinajstić information content (AvgIpc) is 3.50. The van der Waals surface area contributed by atoms with Crippen LogP contribution in [0, 0.1) is 11.3 Å². The highest BCUT2D eigenvalue weighted by molar-refractivity contribution is 7.85. The Hall–Kier alpha value is -4.55. The maximum atomic E-state index is 13.9. The van der Waals surface area contributed by atoms with Crippen molar-refractivity contribution in [1.29, 1.82) is 5.26 Å². The van der Waals surface area contributed by atoms with Gasteiger partial charge in [0, 0.05) is 37.7 Å². The van der Waals surface area contributed by atoms with Gasteiger partial charge in [-0.15, -0.1) is 0 Å². The number of benzene rings is 2. The first kappa shape index (κ1) is 33.3. The third-order valence-corrected chi connectivity index (χ3v) is 7.88. The zero-order valence-electron chi connectivity index (χ0n) is 24.0. The number of alkyl halides is 3. The van der Waals surface area contributed by atoms with Gasteiger partial charge < -0.3 is 15.5 Å². The summed E-state index contributed by atoms with van der Waals surface area (Å²) in [6, 6.07) is 16.2. The largest absolute Gasteiger partial charge is 0.451 e. The number of aromatic nitrogens is 2. The summed E-state index contributed by atoms with van der Waals surface area (Å²) < 4.78 is 72.1. The normalized spacial score (nSPS) is 15.0. The smallest absolute Gasteiger partial charge is 0.355 e. The van der Waals surface area contributed by atoms with Crippen LogP contribution in [-0.2, 0) is 38.7 Å². The van der Waals surface area contributed by atoms with Crippen molar-refractivity contribution in [2.75, 3.05) is 30.3 Å². The fourth-order valence-electron chi connectivity index (χ4n) is 4.92. The lowest BCUT2D eigenvalue weighted by Gasteiger charge is -2.26. The van der Waals surface area contributed by atoms with Gasteiger partial charge >= 0.3 is 6.18 Å². The Morgan fingerprint density at radius 3 is 2.47 bits per heavy atom. The number of carbonyl (C=O) groups is 2. The van der Waals surface area contributed by atoms with Crippen molar-refractivity contribution in [2.45, 2.75) is 44.3 Å². The summed E-state index contributed by atoms with van der Waals surface area (Å²) in [5.41, 5.74) is 2.44. The monoisotopic (exact) mass is 644 g/mol. The number of nitrogens with zero attached hydrogens (tertiary/aromatic N) is 4. The third-order valence-electron chi connectivity index (χ3n) is 7.16. The Kier molecular flexibility index (Phi) is 10.7. The Morgan fingerprint density at radius 2 is 1.78 bits per heavy atom. The number of halogens is 3. The van der Waals surface area contributed by atoms with Gasteiger partial charge in [0.1, 0.15) is 11.9 Å². The summed E-state index contributed by atoms with van der Waals surface area (Å²) in [5.74, 6) is -2.77. The molecule has 0 aliphatic carbocycles. The zero-order chi connectivity index (χ0) is 32.6. The van der Waals surface area contributed by atoms with Gasteiger partial charge in [-0.1, -0.05) is 30.3 Å². The van der Waals surface area contributed by atoms with Gasteiger partial charge in [-0.3, -0.25) is 14.1 Å². The number of anilines is 1. The molecule has 2 aromatic carbocycles. The van der Waals surface area contributed by atoms with E-state index in [1.54, 1.807) is 53.4 Å². The molecule has 4 rings (SSSR count). The van der Waals surface area contributed by atoms with Crippen LogP contribution in [0.5, 0.6) is 0 Å². The molecule has 11 nitrogen and oxygen atoms in total. The molecule has 15 heteroatoms. The lowest BCUT2D eigenvalue weighted by molar-refractivity contribution is -0.144. The molecule has 1 aliphatic rings. The summed E-state index contributed by atoms with van der Waals surface area (Å²) in [4.78, 5) is 34.3. The van der Waals surface area contributed by atoms with Crippen molar-refractivity contribution in [2.24, 2.45) is 0 Å². The van der Waals surface area contributed by atoms with Gasteiger partial charge in [0.2, 0.25) is 17.6 Å². The Balaban J connectivity index is 1.47. The molecule has 1 atom stereocenters. The summed E-state index contributed by atoms with van der Waals surface area (Å²) in [6.07, 6.45) is -3.12. The highest BCUT2D eigenvalue weighted by atomic mass is 32.2. The first-order valence-corrected chi connectivity index (χ1v) is 15.7. The van der Waals surface area contributed by atoms with Crippen LogP contribution in [0.4, 0.5) is 19.0 Å². The molecule has 1 aliphatic heterocycles. The van der Waals surface area contributed by atoms with Gasteiger partial charge in [0.05, 0.1) is 23.1 Å². The van der Waals surface area contributed by atoms with Gasteiger partial charge in [0.25, 0.3) is 10.1 Å². The summed E-state index contributed by atoms with van der Waals surface area (Å²) >= 11 is 0. The number of hydrogen-bond acceptors (Lipinski definition) is 8. The van der Waals surface area contributed by atoms with E-state index in [1.165, 1.54) is 6.07 Å². The van der Waals surface area contributed by atoms with Crippen LogP contribution in [-0.4, -0.2) is 66.2 Å². The number of carbonyl (C=O) groups excluding carboxylic acids is 2. The van der Waals surface area contributed by atoms with Crippen molar-refractivity contribution in [3.8, 4) is 17.3 Å². The lowest BCUT2D eigenvalue weighted by Crippen LogP contribution is -2.44. The first-order valence-electron chi connectivity index (χ1n) is 14.1. The van der Waals surface area contributed by atoms with Crippen LogP contribution in [0.25, 0.3) is 11.3 Å². The van der Waals surface area contributed by atoms with E-state index in [9.17, 15) is 31.2 Å². The van der Waals surface area contributed by atoms with Crippen LogP contribution in [0.3, 0.4) is 0 Å². The molecule has 0 saturated carbocycles. The Morgan fingerprint density at radius 1 is 1.02 bits per heavy atom. The number of nitriles is 1. The van der Waals surface area contributed by atoms with E-state index in [-0.39, 0.29) is 36.8 Å². The van der Waals surface area contributed by atoms with Gasteiger partial charge in [-0.2, -0.15) is 26.9 Å². The quantitative estimate of drug-likeness (QED) is 0.251. The number of nitrogens with one attached hydrogen (secondary N) is 2. The minimum Gasteiger partial charge on any atom is -0.355 e. The molecule has 0 radical (unpaired) electrons. The number of rotatable bonds is 12. The molecule has 3 N–H and O–H groups in total. The van der Waals surface area contributed by atoms with E-state index < -0.39 is 39.8 Å². The van der Waals surface area contributed by atoms with E-state index in [2.05, 4.69) is 20.6 Å². The van der Waals surface area contributed by atoms with Crippen LogP contribution >= 0.6 is 0 Å². The average molecular weight is 645 g/mol. The molecule has 0 spiro atoms. The lowest BCUT2D eigenvalue weighted by atomic mass is 10.0. The molecular formula is C30H31F3N6O5S. The number of hydrogen-bond donors (Lipinski definition) is 3. The predicted octanol–water partition coefficient (Wildman–Crippen LogP) is 3.30. The van der Waals surface area contributed by atoms with E-state index in [0.717, 1.165) is 5.56 Å². The summed E-state index contributed by atoms with van der Waals surface area (Å²) in [7, 11) is -4.21. The molecule has 0 bridgehead atoms. The summed E-state index contributed by atoms with van der Waals surface area (Å²) in [6.45, 7) is 0.381. The molecule has 1 aromatic heterocycles. The van der Waals surface area contributed by atoms with Gasteiger partial charge in [0.15, 0.2) is 0 Å². The SMILES string of the molecule is N#Cc1ccc(CCNC(=O)C2CCCN2c2cc(-c3cccc(CCC(=O)NCCS(=O)(=O)O)c3)nc(C(F)(F)F)n2)cc1. The topological polar surface area (TPSA) is 165 Å². The van der Waals surface area contributed by atoms with Crippen molar-refractivity contribution in [1.82, 2.24) is 20.6 Å². The standard InChI is InChI=1S/C30H31F3N6O5S/c31-30(32,33)29-37-24(23-4-1-3-21(17-23)10-11-27(40)35-14-16-45(42,43)44)18-26(38-29)39-15-2-5-25(39)28(41)36-13-12-20-6-8-22(19-34)9-7-20/h1,3-4,6-9,17-18,25H,2,5,10-16H2,(H,35,40)(H,36,41)(H,42,43,44). The molecular weight excluding hydrogens is 613 g/mol. The minimum absolute atomic E-state index is 0.00125. The number of aryl methyl sites for hydroxylation is 1. The molecule has 3 aromatic rings. The second-order valence-electron chi connectivity index (χ2n) is 10.5. The highest BCUT2D eigenvalue weighted by Gasteiger charge is 2.38. The molecule has 2 amide bonds. The van der Waals surface area contributed by atoms with Crippen molar-refractivity contribution in [3.63, 3.8) is 0 Å². The number of amides is 2. The second-order valence-corrected chi connectivity index (χ2v) is 12.0. The van der Waals surface area contributed by atoms with Crippen LogP contribution < -0.4 is 15.5 Å². The Labute approximate surface area is 258 Å². The van der Waals surface area contributed by atoms with Crippen molar-refractivity contribution >= 4 is 27.8 Å². The van der Waals surface area contributed by atoms with E-state index >= 15 is 0 Å². The van der Waals surface area contributed by atoms with Crippen LogP contribution in [0.2, 0.25) is 0 Å². The maximum absolute atomic E-state index is 13.9. The fraction of sp³-hybridized carbons (Fsp3) is 0.367. The molecule has 1 unspecified atom stereocenters. The van der Waals surface area contributed by atoms with Crippen LogP contribution in [0.15, 0.2) is 54.6 Å². The second kappa shape index (κ2) is 14.5. The van der Waals surface area contributed by atoms with E-state index in [1.807, 2.05) is 6.07 Å². The molecule has 1 saturated heterocycles.